The van der Waals surface area contributed by atoms with Crippen molar-refractivity contribution in [3.05, 3.63) is 58.5 Å². The zero-order valence-corrected chi connectivity index (χ0v) is 18.7. The molecule has 1 heterocycles. The molecular weight excluding hydrogens is 454 g/mol. The first-order chi connectivity index (χ1) is 15.3. The molecular formula is C21H19N3O6S2. The first-order valence-electron chi connectivity index (χ1n) is 9.18. The average Bonchev–Trinajstić information content (AvgIpc) is 3.05. The Morgan fingerprint density at radius 2 is 1.78 bits per heavy atom. The van der Waals surface area contributed by atoms with Gasteiger partial charge in [0.2, 0.25) is 0 Å². The number of thioether (sulfide) groups is 1. The van der Waals surface area contributed by atoms with Gasteiger partial charge >= 0.3 is 0 Å². The van der Waals surface area contributed by atoms with Gasteiger partial charge in [-0.05, 0) is 48.0 Å². The topological polar surface area (TPSA) is 117 Å². The first-order valence-corrected chi connectivity index (χ1v) is 10.4. The third kappa shape index (κ3) is 5.37. The van der Waals surface area contributed by atoms with Crippen molar-refractivity contribution in [1.29, 1.82) is 0 Å². The highest BCUT2D eigenvalue weighted by atomic mass is 32.2. The fourth-order valence-corrected chi connectivity index (χ4v) is 3.98. The molecule has 11 heteroatoms. The summed E-state index contributed by atoms with van der Waals surface area (Å²) in [6, 6.07) is 10.7. The monoisotopic (exact) mass is 473 g/mol. The van der Waals surface area contributed by atoms with E-state index in [2.05, 4.69) is 10.9 Å². The molecule has 1 saturated heterocycles. The summed E-state index contributed by atoms with van der Waals surface area (Å²) >= 11 is 6.30. The highest BCUT2D eigenvalue weighted by molar-refractivity contribution is 8.26. The van der Waals surface area contributed by atoms with Crippen molar-refractivity contribution in [2.24, 2.45) is 0 Å². The number of carbonyl (C=O) groups is 3. The molecule has 2 aromatic rings. The van der Waals surface area contributed by atoms with Crippen LogP contribution in [0.15, 0.2) is 47.4 Å². The smallest absolute Gasteiger partial charge is 0.269 e. The molecule has 0 radical (unpaired) electrons. The summed E-state index contributed by atoms with van der Waals surface area (Å²) in [7, 11) is 3.04. The van der Waals surface area contributed by atoms with Gasteiger partial charge < -0.3 is 14.6 Å². The maximum absolute atomic E-state index is 12.7. The van der Waals surface area contributed by atoms with Crippen LogP contribution in [0.4, 0.5) is 0 Å². The molecule has 9 nitrogen and oxygen atoms in total. The van der Waals surface area contributed by atoms with Gasteiger partial charge in [-0.1, -0.05) is 30.0 Å². The molecule has 0 aliphatic carbocycles. The van der Waals surface area contributed by atoms with Crippen molar-refractivity contribution in [3.63, 3.8) is 0 Å². The molecule has 32 heavy (non-hydrogen) atoms. The molecule has 0 atom stereocenters. The number of nitrogens with one attached hydrogen (secondary N) is 2. The van der Waals surface area contributed by atoms with Crippen LogP contribution in [-0.4, -0.2) is 52.8 Å². The largest absolute Gasteiger partial charge is 0.508 e. The van der Waals surface area contributed by atoms with Crippen LogP contribution in [0.2, 0.25) is 0 Å². The minimum absolute atomic E-state index is 0.0149. The molecule has 3 rings (SSSR count). The van der Waals surface area contributed by atoms with Crippen molar-refractivity contribution in [1.82, 2.24) is 15.8 Å². The third-order valence-electron chi connectivity index (χ3n) is 4.33. The molecule has 0 aromatic heterocycles. The summed E-state index contributed by atoms with van der Waals surface area (Å²) in [5, 5.41) is 9.26. The van der Waals surface area contributed by atoms with E-state index in [9.17, 15) is 19.5 Å². The summed E-state index contributed by atoms with van der Waals surface area (Å²) in [5.41, 5.74) is 5.43. The molecule has 0 bridgehead atoms. The molecule has 1 fully saturated rings. The quantitative estimate of drug-likeness (QED) is 0.332. The van der Waals surface area contributed by atoms with E-state index < -0.39 is 17.7 Å². The number of hydrazine groups is 1. The van der Waals surface area contributed by atoms with Crippen molar-refractivity contribution >= 4 is 52.1 Å². The van der Waals surface area contributed by atoms with E-state index in [-0.39, 0.29) is 22.2 Å². The van der Waals surface area contributed by atoms with Crippen molar-refractivity contribution in [2.45, 2.75) is 0 Å². The van der Waals surface area contributed by atoms with E-state index in [0.717, 1.165) is 16.7 Å². The normalized spacial score (nSPS) is 14.4. The van der Waals surface area contributed by atoms with Crippen LogP contribution >= 0.6 is 24.0 Å². The minimum atomic E-state index is -0.624. The Hall–Kier alpha value is -3.57. The average molecular weight is 474 g/mol. The van der Waals surface area contributed by atoms with Crippen LogP contribution in [0, 0.1) is 0 Å². The second kappa shape index (κ2) is 10.2. The lowest BCUT2D eigenvalue weighted by Gasteiger charge is -2.14. The lowest BCUT2D eigenvalue weighted by Crippen LogP contribution is -2.47. The summed E-state index contributed by atoms with van der Waals surface area (Å²) < 4.78 is 10.7. The molecule has 2 aromatic carbocycles. The third-order valence-corrected chi connectivity index (χ3v) is 5.70. The predicted molar refractivity (Wildman–Crippen MR) is 123 cm³/mol. The molecule has 1 aliphatic rings. The number of hydrogen-bond acceptors (Lipinski definition) is 8. The molecule has 0 spiro atoms. The molecule has 3 N–H and O–H groups in total. The number of methoxy groups -OCH3 is 2. The van der Waals surface area contributed by atoms with Crippen LogP contribution in [-0.2, 0) is 9.59 Å². The molecule has 3 amide bonds. The van der Waals surface area contributed by atoms with Gasteiger partial charge in [-0.25, -0.2) is 0 Å². The number of benzene rings is 2. The SMILES string of the molecule is COc1ccc(C=C2SC(=S)N(CC(=O)NNC(=O)c3ccc(O)cc3)C2=O)cc1OC. The Bertz CT molecular complexity index is 1100. The van der Waals surface area contributed by atoms with Crippen molar-refractivity contribution < 1.29 is 29.0 Å². The number of aromatic hydroxyl groups is 1. The number of rotatable bonds is 6. The van der Waals surface area contributed by atoms with Gasteiger partial charge in [0.05, 0.1) is 19.1 Å². The number of ether oxygens (including phenoxy) is 2. The molecule has 1 aliphatic heterocycles. The van der Waals surface area contributed by atoms with Crippen LogP contribution in [0.5, 0.6) is 17.2 Å². The highest BCUT2D eigenvalue weighted by Gasteiger charge is 2.33. The molecule has 166 valence electrons. The van der Waals surface area contributed by atoms with E-state index in [1.165, 1.54) is 38.5 Å². The van der Waals surface area contributed by atoms with Gasteiger partial charge in [0.1, 0.15) is 16.6 Å². The lowest BCUT2D eigenvalue weighted by atomic mass is 10.2. The van der Waals surface area contributed by atoms with Gasteiger partial charge in [0.25, 0.3) is 17.7 Å². The summed E-state index contributed by atoms with van der Waals surface area (Å²) in [6.07, 6.45) is 1.64. The van der Waals surface area contributed by atoms with Crippen LogP contribution in [0.25, 0.3) is 6.08 Å². The maximum atomic E-state index is 12.7. The Morgan fingerprint density at radius 1 is 1.09 bits per heavy atom. The van der Waals surface area contributed by atoms with E-state index in [4.69, 9.17) is 21.7 Å². The Kier molecular flexibility index (Phi) is 7.33. The zero-order chi connectivity index (χ0) is 23.3. The minimum Gasteiger partial charge on any atom is -0.508 e. The second-order valence-corrected chi connectivity index (χ2v) is 8.11. The van der Waals surface area contributed by atoms with E-state index in [1.807, 2.05) is 0 Å². The Morgan fingerprint density at radius 3 is 2.44 bits per heavy atom. The maximum Gasteiger partial charge on any atom is 0.269 e. The van der Waals surface area contributed by atoms with E-state index in [0.29, 0.717) is 22.0 Å². The van der Waals surface area contributed by atoms with Gasteiger partial charge in [0.15, 0.2) is 11.5 Å². The van der Waals surface area contributed by atoms with Gasteiger partial charge in [-0.2, -0.15) is 0 Å². The van der Waals surface area contributed by atoms with Gasteiger partial charge in [-0.15, -0.1) is 0 Å². The van der Waals surface area contributed by atoms with Crippen LogP contribution in [0.3, 0.4) is 0 Å². The number of nitrogens with zero attached hydrogens (tertiary/aromatic N) is 1. The first kappa shape index (κ1) is 23.1. The molecule has 0 saturated carbocycles. The standard InChI is InChI=1S/C21H19N3O6S2/c1-29-15-8-3-12(9-16(15)30-2)10-17-20(28)24(21(31)32-17)11-18(26)22-23-19(27)13-4-6-14(25)7-5-13/h3-10,25H,11H2,1-2H3,(H,22,26)(H,23,27). The van der Waals surface area contributed by atoms with Crippen molar-refractivity contribution in [3.8, 4) is 17.2 Å². The number of phenols is 1. The Labute approximate surface area is 193 Å². The fourth-order valence-electron chi connectivity index (χ4n) is 2.72. The number of carbonyl (C=O) groups excluding carboxylic acids is 3. The number of amides is 3. The number of hydrogen-bond donors (Lipinski definition) is 3. The second-order valence-electron chi connectivity index (χ2n) is 6.43. The fraction of sp³-hybridized carbons (Fsp3) is 0.143. The Balaban J connectivity index is 1.62. The van der Waals surface area contributed by atoms with Gasteiger partial charge in [-0.3, -0.25) is 30.1 Å². The van der Waals surface area contributed by atoms with Crippen molar-refractivity contribution in [2.75, 3.05) is 20.8 Å². The van der Waals surface area contributed by atoms with E-state index in [1.54, 1.807) is 24.3 Å². The number of thiocarbonyl (C=S) groups is 1. The summed E-state index contributed by atoms with van der Waals surface area (Å²) in [4.78, 5) is 38.5. The van der Waals surface area contributed by atoms with E-state index >= 15 is 0 Å². The molecule has 0 unspecified atom stereocenters. The summed E-state index contributed by atoms with van der Waals surface area (Å²) in [5.74, 6) is -0.530. The summed E-state index contributed by atoms with van der Waals surface area (Å²) in [6.45, 7) is -0.357. The number of phenolic OH excluding ortho intramolecular Hbond substituents is 1. The predicted octanol–water partition coefficient (Wildman–Crippen LogP) is 2.07. The van der Waals surface area contributed by atoms with Gasteiger partial charge in [0, 0.05) is 5.56 Å². The van der Waals surface area contributed by atoms with Crippen LogP contribution < -0.4 is 20.3 Å². The lowest BCUT2D eigenvalue weighted by molar-refractivity contribution is -0.129. The highest BCUT2D eigenvalue weighted by Crippen LogP contribution is 2.34. The zero-order valence-electron chi connectivity index (χ0n) is 17.1. The van der Waals surface area contributed by atoms with Crippen LogP contribution in [0.1, 0.15) is 15.9 Å².